The monoisotopic (exact) mass is 390 g/mol. The van der Waals surface area contributed by atoms with Gasteiger partial charge >= 0.3 is 0 Å². The molecule has 0 saturated heterocycles. The zero-order chi connectivity index (χ0) is 20.8. The highest BCUT2D eigenvalue weighted by Gasteiger charge is 2.31. The smallest absolute Gasteiger partial charge is 0.211 e. The van der Waals surface area contributed by atoms with Crippen LogP contribution < -0.4 is 0 Å². The van der Waals surface area contributed by atoms with E-state index in [2.05, 4.69) is 20.0 Å². The highest BCUT2D eigenvalue weighted by molar-refractivity contribution is 5.39. The van der Waals surface area contributed by atoms with Gasteiger partial charge < -0.3 is 0 Å². The van der Waals surface area contributed by atoms with Gasteiger partial charge in [0.15, 0.2) is 5.66 Å². The van der Waals surface area contributed by atoms with Crippen LogP contribution in [-0.4, -0.2) is 43.1 Å². The van der Waals surface area contributed by atoms with Crippen molar-refractivity contribution in [2.45, 2.75) is 89.1 Å². The fraction of sp³-hybridized carbons (Fsp3) is 0.800. The molecule has 1 fully saturated rings. The van der Waals surface area contributed by atoms with Crippen LogP contribution >= 0.6 is 0 Å². The first-order valence-corrected chi connectivity index (χ1v) is 10.00. The molecular weight excluding hydrogens is 360 g/mol. The Morgan fingerprint density at radius 1 is 0.536 bits per heavy atom. The number of rotatable bonds is 13. The van der Waals surface area contributed by atoms with Crippen molar-refractivity contribution in [1.82, 2.24) is 0 Å². The van der Waals surface area contributed by atoms with Gasteiger partial charge in [-0.3, -0.25) is 0 Å². The molecule has 8 nitrogen and oxygen atoms in total. The number of carbonyl (C=O) groups excluding carboxylic acids is 4. The number of isocyanates is 4. The normalized spacial score (nSPS) is 14.0. The van der Waals surface area contributed by atoms with E-state index in [1.807, 2.05) is 0 Å². The minimum Gasteiger partial charge on any atom is -0.211 e. The van der Waals surface area contributed by atoms with Crippen LogP contribution in [0.15, 0.2) is 20.0 Å². The molecule has 1 aliphatic carbocycles. The van der Waals surface area contributed by atoms with Crippen molar-refractivity contribution in [1.29, 1.82) is 0 Å². The highest BCUT2D eigenvalue weighted by atomic mass is 16.1. The van der Waals surface area contributed by atoms with Gasteiger partial charge in [0.1, 0.15) is 0 Å². The lowest BCUT2D eigenvalue weighted by molar-refractivity contribution is 0.309. The van der Waals surface area contributed by atoms with E-state index in [9.17, 15) is 19.2 Å². The van der Waals surface area contributed by atoms with Crippen molar-refractivity contribution in [2.24, 2.45) is 20.0 Å². The van der Waals surface area contributed by atoms with Gasteiger partial charge in [-0.15, -0.1) is 0 Å². The van der Waals surface area contributed by atoms with Gasteiger partial charge in [0, 0.05) is 0 Å². The van der Waals surface area contributed by atoms with E-state index in [0.717, 1.165) is 44.9 Å². The zero-order valence-corrected chi connectivity index (χ0v) is 16.5. The summed E-state index contributed by atoms with van der Waals surface area (Å²) >= 11 is 0. The molecule has 0 aromatic rings. The Morgan fingerprint density at radius 2 is 0.929 bits per heavy atom. The topological polar surface area (TPSA) is 118 Å². The third kappa shape index (κ3) is 14.7. The highest BCUT2D eigenvalue weighted by Crippen LogP contribution is 2.32. The van der Waals surface area contributed by atoms with Gasteiger partial charge in [0.2, 0.25) is 24.3 Å². The third-order valence-corrected chi connectivity index (χ3v) is 4.58. The van der Waals surface area contributed by atoms with E-state index in [1.165, 1.54) is 37.8 Å². The maximum atomic E-state index is 10.1. The molecule has 1 saturated carbocycles. The Morgan fingerprint density at radius 3 is 1.29 bits per heavy atom. The van der Waals surface area contributed by atoms with Crippen LogP contribution in [0.1, 0.15) is 83.5 Å². The SMILES string of the molecule is O=C=NC1(N=C=O)CCCCC1.O=C=NCCCCCCCCCCN=C=O. The summed E-state index contributed by atoms with van der Waals surface area (Å²) in [5.74, 6) is 0. The number of nitrogens with zero attached hydrogens (tertiary/aromatic N) is 4. The Labute approximate surface area is 166 Å². The summed E-state index contributed by atoms with van der Waals surface area (Å²) < 4.78 is 0. The number of aliphatic imine (C=N–C) groups is 4. The molecule has 28 heavy (non-hydrogen) atoms. The predicted octanol–water partition coefficient (Wildman–Crippen LogP) is 4.10. The molecule has 0 atom stereocenters. The van der Waals surface area contributed by atoms with E-state index >= 15 is 0 Å². The summed E-state index contributed by atoms with van der Waals surface area (Å²) in [6, 6.07) is 0. The Kier molecular flexibility index (Phi) is 17.6. The van der Waals surface area contributed by atoms with E-state index in [4.69, 9.17) is 0 Å². The van der Waals surface area contributed by atoms with Crippen molar-refractivity contribution >= 4 is 24.3 Å². The quantitative estimate of drug-likeness (QED) is 0.267. The van der Waals surface area contributed by atoms with Gasteiger partial charge in [-0.2, -0.15) is 9.98 Å². The second-order valence-corrected chi connectivity index (χ2v) is 6.72. The van der Waals surface area contributed by atoms with Crippen LogP contribution in [0.3, 0.4) is 0 Å². The first-order chi connectivity index (χ1) is 13.7. The summed E-state index contributed by atoms with van der Waals surface area (Å²) in [4.78, 5) is 53.8. The largest absolute Gasteiger partial charge is 0.237 e. The van der Waals surface area contributed by atoms with Crippen molar-refractivity contribution in [3.8, 4) is 0 Å². The summed E-state index contributed by atoms with van der Waals surface area (Å²) in [7, 11) is 0. The van der Waals surface area contributed by atoms with Crippen LogP contribution in [0.4, 0.5) is 0 Å². The number of hydrogen-bond donors (Lipinski definition) is 0. The van der Waals surface area contributed by atoms with Gasteiger partial charge in [-0.05, 0) is 38.5 Å². The van der Waals surface area contributed by atoms with Crippen molar-refractivity contribution in [3.05, 3.63) is 0 Å². The molecule has 154 valence electrons. The Hall–Kier alpha value is -2.48. The number of unbranched alkanes of at least 4 members (excludes halogenated alkanes) is 7. The third-order valence-electron chi connectivity index (χ3n) is 4.58. The van der Waals surface area contributed by atoms with Gasteiger partial charge in [0.05, 0.1) is 13.1 Å². The molecule has 0 N–H and O–H groups in total. The van der Waals surface area contributed by atoms with Crippen LogP contribution in [0.5, 0.6) is 0 Å². The molecule has 1 rings (SSSR count). The molecule has 0 aliphatic heterocycles. The average molecular weight is 390 g/mol. The van der Waals surface area contributed by atoms with E-state index in [0.29, 0.717) is 25.9 Å². The predicted molar refractivity (Wildman–Crippen MR) is 105 cm³/mol. The molecule has 0 heterocycles. The van der Waals surface area contributed by atoms with E-state index < -0.39 is 5.66 Å². The van der Waals surface area contributed by atoms with Crippen LogP contribution in [0.2, 0.25) is 0 Å². The first kappa shape index (κ1) is 25.5. The minimum atomic E-state index is -0.818. The maximum Gasteiger partial charge on any atom is 0.237 e. The lowest BCUT2D eigenvalue weighted by Gasteiger charge is -2.25. The molecular formula is C20H30N4O4. The van der Waals surface area contributed by atoms with Gasteiger partial charge in [0.25, 0.3) is 0 Å². The minimum absolute atomic E-state index is 0.618. The molecule has 0 unspecified atom stereocenters. The van der Waals surface area contributed by atoms with Crippen molar-refractivity contribution in [2.75, 3.05) is 13.1 Å². The summed E-state index contributed by atoms with van der Waals surface area (Å²) in [5, 5.41) is 0. The fourth-order valence-corrected chi connectivity index (χ4v) is 3.07. The zero-order valence-electron chi connectivity index (χ0n) is 16.5. The Balaban J connectivity index is 0.000000540. The molecule has 0 aromatic carbocycles. The molecule has 0 amide bonds. The Bertz CT molecular complexity index is 545. The molecule has 0 spiro atoms. The fourth-order valence-electron chi connectivity index (χ4n) is 3.07. The molecule has 0 radical (unpaired) electrons. The molecule has 0 aromatic heterocycles. The van der Waals surface area contributed by atoms with E-state index in [-0.39, 0.29) is 0 Å². The van der Waals surface area contributed by atoms with Gasteiger partial charge in [-0.25, -0.2) is 29.2 Å². The average Bonchev–Trinajstić information content (AvgIpc) is 2.70. The summed E-state index contributed by atoms with van der Waals surface area (Å²) in [5.41, 5.74) is -0.818. The summed E-state index contributed by atoms with van der Waals surface area (Å²) in [6.07, 6.45) is 19.5. The van der Waals surface area contributed by atoms with Crippen molar-refractivity contribution in [3.63, 3.8) is 0 Å². The summed E-state index contributed by atoms with van der Waals surface area (Å²) in [6.45, 7) is 1.24. The second kappa shape index (κ2) is 19.3. The van der Waals surface area contributed by atoms with Crippen LogP contribution in [-0.2, 0) is 19.2 Å². The van der Waals surface area contributed by atoms with Gasteiger partial charge in [-0.1, -0.05) is 44.9 Å². The maximum absolute atomic E-state index is 10.1. The second-order valence-electron chi connectivity index (χ2n) is 6.72. The standard InChI is InChI=1S/C12H20N2O2.C8H10N2O2/c15-11-13-9-7-5-3-1-2-4-6-8-10-14-12-16;11-6-9-8(10-7-12)4-2-1-3-5-8/h1-10H2;1-5H2. The molecule has 1 aliphatic rings. The van der Waals surface area contributed by atoms with Crippen LogP contribution in [0.25, 0.3) is 0 Å². The molecule has 8 heteroatoms. The lowest BCUT2D eigenvalue weighted by Crippen LogP contribution is -2.26. The lowest BCUT2D eigenvalue weighted by atomic mass is 9.90. The number of hydrogen-bond acceptors (Lipinski definition) is 8. The first-order valence-electron chi connectivity index (χ1n) is 10.00. The van der Waals surface area contributed by atoms with Crippen molar-refractivity contribution < 1.29 is 19.2 Å². The molecule has 0 bridgehead atoms. The van der Waals surface area contributed by atoms with Crippen LogP contribution in [0, 0.1) is 0 Å². The van der Waals surface area contributed by atoms with E-state index in [1.54, 1.807) is 12.2 Å².